The molecular weight excluding hydrogens is 432 g/mol. The second kappa shape index (κ2) is 11.1. The normalized spacial score (nSPS) is 14.3. The molecule has 10 nitrogen and oxygen atoms in total. The van der Waals surface area contributed by atoms with Crippen LogP contribution in [0.1, 0.15) is 5.56 Å². The summed E-state index contributed by atoms with van der Waals surface area (Å²) in [5, 5.41) is 8.09. The van der Waals surface area contributed by atoms with Crippen LogP contribution in [0.15, 0.2) is 54.7 Å². The number of nitrogens with zero attached hydrogens (tertiary/aromatic N) is 5. The van der Waals surface area contributed by atoms with E-state index in [1.54, 1.807) is 20.3 Å². The van der Waals surface area contributed by atoms with Crippen LogP contribution in [0, 0.1) is 6.92 Å². The number of nitrogens with one attached hydrogen (secondary N) is 3. The zero-order valence-corrected chi connectivity index (χ0v) is 20.1. The summed E-state index contributed by atoms with van der Waals surface area (Å²) >= 11 is 0. The van der Waals surface area contributed by atoms with Gasteiger partial charge in [-0.15, -0.1) is 4.99 Å². The van der Waals surface area contributed by atoms with E-state index in [2.05, 4.69) is 67.2 Å². The quantitative estimate of drug-likeness (QED) is 0.321. The van der Waals surface area contributed by atoms with Crippen molar-refractivity contribution in [3.63, 3.8) is 0 Å². The van der Waals surface area contributed by atoms with Crippen molar-refractivity contribution in [2.75, 3.05) is 68.3 Å². The third kappa shape index (κ3) is 6.55. The first-order valence-electron chi connectivity index (χ1n) is 11.2. The molecule has 2 heterocycles. The second-order valence-electron chi connectivity index (χ2n) is 8.47. The summed E-state index contributed by atoms with van der Waals surface area (Å²) in [5.41, 5.74) is 7.43. The van der Waals surface area contributed by atoms with Crippen molar-refractivity contribution in [2.45, 2.75) is 6.92 Å². The van der Waals surface area contributed by atoms with Crippen molar-refractivity contribution in [2.24, 2.45) is 0 Å². The van der Waals surface area contributed by atoms with Gasteiger partial charge in [-0.2, -0.15) is 10.0 Å². The van der Waals surface area contributed by atoms with Gasteiger partial charge in [0.2, 0.25) is 5.95 Å². The highest BCUT2D eigenvalue weighted by molar-refractivity contribution is 5.66. The summed E-state index contributed by atoms with van der Waals surface area (Å²) in [4.78, 5) is 23.7. The van der Waals surface area contributed by atoms with E-state index in [9.17, 15) is 0 Å². The molecule has 2 aromatic carbocycles. The first-order valence-corrected chi connectivity index (χ1v) is 11.2. The smallest absolute Gasteiger partial charge is 0.229 e. The van der Waals surface area contributed by atoms with E-state index in [0.717, 1.165) is 48.8 Å². The summed E-state index contributed by atoms with van der Waals surface area (Å²) in [7, 11) is 5.62. The minimum atomic E-state index is 0.525. The van der Waals surface area contributed by atoms with Crippen LogP contribution in [0.3, 0.4) is 0 Å². The molecule has 34 heavy (non-hydrogen) atoms. The third-order valence-electron chi connectivity index (χ3n) is 5.43. The first-order chi connectivity index (χ1) is 16.5. The number of hydrogen-bond donors (Lipinski definition) is 3. The fourth-order valence-corrected chi connectivity index (χ4v) is 3.52. The maximum atomic E-state index is 4.95. The molecule has 180 valence electrons. The summed E-state index contributed by atoms with van der Waals surface area (Å²) in [6.07, 6.45) is 1.80. The standard InChI is InChI=1S/C24H32N8O2/c1-18-17-25-24(27-19-8-10-22(11-9-19)32-14-12-31(4)13-15-32)28-23(18)26-20-6-5-7-21(16-20)29-33-34-30(2)3/h5-11,16-17,29H,12-15H2,1-4H3,(H2,25,26,27,28). The van der Waals surface area contributed by atoms with Crippen LogP contribution in [0.2, 0.25) is 0 Å². The lowest BCUT2D eigenvalue weighted by Crippen LogP contribution is -2.44. The Morgan fingerprint density at radius 2 is 1.65 bits per heavy atom. The van der Waals surface area contributed by atoms with E-state index in [4.69, 9.17) is 9.98 Å². The van der Waals surface area contributed by atoms with Crippen LogP contribution in [-0.2, 0) is 9.98 Å². The van der Waals surface area contributed by atoms with Gasteiger partial charge in [0.25, 0.3) is 0 Å². The van der Waals surface area contributed by atoms with Crippen molar-refractivity contribution in [1.29, 1.82) is 0 Å². The van der Waals surface area contributed by atoms with Crippen molar-refractivity contribution in [1.82, 2.24) is 19.9 Å². The number of likely N-dealkylation sites (N-methyl/N-ethyl adjacent to an activating group) is 1. The van der Waals surface area contributed by atoms with E-state index in [-0.39, 0.29) is 0 Å². The molecular formula is C24H32N8O2. The molecule has 3 N–H and O–H groups in total. The Morgan fingerprint density at radius 3 is 2.38 bits per heavy atom. The average Bonchev–Trinajstić information content (AvgIpc) is 2.82. The molecule has 0 radical (unpaired) electrons. The number of anilines is 6. The van der Waals surface area contributed by atoms with Crippen LogP contribution in [0.25, 0.3) is 0 Å². The zero-order chi connectivity index (χ0) is 23.9. The van der Waals surface area contributed by atoms with E-state index in [1.807, 2.05) is 31.2 Å². The SMILES string of the molecule is Cc1cnc(Nc2ccc(N3CCN(C)CC3)cc2)nc1Nc1cccc(NOON(C)C)c1. The van der Waals surface area contributed by atoms with E-state index in [1.165, 1.54) is 10.8 Å². The molecule has 0 aliphatic carbocycles. The monoisotopic (exact) mass is 464 g/mol. The summed E-state index contributed by atoms with van der Waals surface area (Å²) < 4.78 is 0. The number of piperazine rings is 1. The molecule has 3 aromatic rings. The Morgan fingerprint density at radius 1 is 0.912 bits per heavy atom. The van der Waals surface area contributed by atoms with E-state index >= 15 is 0 Å². The Bertz CT molecular complexity index is 1070. The topological polar surface area (TPSA) is 90.1 Å². The molecule has 0 unspecified atom stereocenters. The van der Waals surface area contributed by atoms with Crippen molar-refractivity contribution in [3.05, 3.63) is 60.3 Å². The highest BCUT2D eigenvalue weighted by atomic mass is 17.3. The number of aryl methyl sites for hydroxylation is 1. The van der Waals surface area contributed by atoms with E-state index < -0.39 is 0 Å². The number of aromatic nitrogens is 2. The second-order valence-corrected chi connectivity index (χ2v) is 8.47. The van der Waals surface area contributed by atoms with Crippen LogP contribution < -0.4 is 21.0 Å². The number of hydroxylamine groups is 2. The Labute approximate surface area is 200 Å². The van der Waals surface area contributed by atoms with Gasteiger partial charge in [0.05, 0.1) is 5.69 Å². The molecule has 1 fully saturated rings. The van der Waals surface area contributed by atoms with Gasteiger partial charge < -0.3 is 20.4 Å². The van der Waals surface area contributed by atoms with E-state index in [0.29, 0.717) is 11.8 Å². The predicted octanol–water partition coefficient (Wildman–Crippen LogP) is 3.78. The fraction of sp³-hybridized carbons (Fsp3) is 0.333. The summed E-state index contributed by atoms with van der Waals surface area (Å²) in [6, 6.07) is 16.0. The average molecular weight is 465 g/mol. The molecule has 0 saturated carbocycles. The third-order valence-corrected chi connectivity index (χ3v) is 5.43. The van der Waals surface area contributed by atoms with Gasteiger partial charge >= 0.3 is 0 Å². The molecule has 0 bridgehead atoms. The Hall–Kier alpha value is -3.44. The largest absolute Gasteiger partial charge is 0.369 e. The minimum Gasteiger partial charge on any atom is -0.369 e. The Kier molecular flexibility index (Phi) is 7.76. The van der Waals surface area contributed by atoms with Gasteiger partial charge in [-0.3, -0.25) is 0 Å². The van der Waals surface area contributed by atoms with Gasteiger partial charge in [-0.1, -0.05) is 11.1 Å². The first kappa shape index (κ1) is 23.7. The number of benzene rings is 2. The van der Waals surface area contributed by atoms with Gasteiger partial charge in [-0.05, 0) is 56.4 Å². The van der Waals surface area contributed by atoms with Crippen LogP contribution in [-0.4, -0.2) is 67.3 Å². The highest BCUT2D eigenvalue weighted by Gasteiger charge is 2.14. The molecule has 4 rings (SSSR count). The predicted molar refractivity (Wildman–Crippen MR) is 135 cm³/mol. The van der Waals surface area contributed by atoms with Gasteiger partial charge in [0.1, 0.15) is 5.82 Å². The molecule has 1 saturated heterocycles. The van der Waals surface area contributed by atoms with Gasteiger partial charge in [0, 0.05) is 69.1 Å². The highest BCUT2D eigenvalue weighted by Crippen LogP contribution is 2.24. The molecule has 10 heteroatoms. The van der Waals surface area contributed by atoms with Gasteiger partial charge in [0.15, 0.2) is 0 Å². The van der Waals surface area contributed by atoms with Crippen LogP contribution in [0.5, 0.6) is 0 Å². The Balaban J connectivity index is 1.39. The summed E-state index contributed by atoms with van der Waals surface area (Å²) in [5.74, 6) is 1.24. The molecule has 0 spiro atoms. The number of rotatable bonds is 9. The lowest BCUT2D eigenvalue weighted by atomic mass is 10.2. The molecule has 1 aliphatic rings. The zero-order valence-electron chi connectivity index (χ0n) is 20.1. The van der Waals surface area contributed by atoms with Crippen molar-refractivity contribution < 1.29 is 9.98 Å². The van der Waals surface area contributed by atoms with Crippen molar-refractivity contribution >= 4 is 34.5 Å². The lowest BCUT2D eigenvalue weighted by Gasteiger charge is -2.34. The molecule has 1 aromatic heterocycles. The van der Waals surface area contributed by atoms with Crippen LogP contribution >= 0.6 is 0 Å². The summed E-state index contributed by atoms with van der Waals surface area (Å²) in [6.45, 7) is 6.23. The fourth-order valence-electron chi connectivity index (χ4n) is 3.52. The number of hydrogen-bond acceptors (Lipinski definition) is 10. The maximum Gasteiger partial charge on any atom is 0.229 e. The van der Waals surface area contributed by atoms with Crippen LogP contribution in [0.4, 0.5) is 34.5 Å². The maximum absolute atomic E-state index is 4.95. The minimum absolute atomic E-state index is 0.525. The molecule has 1 aliphatic heterocycles. The lowest BCUT2D eigenvalue weighted by molar-refractivity contribution is -0.397. The van der Waals surface area contributed by atoms with Crippen molar-refractivity contribution in [3.8, 4) is 0 Å². The molecule has 0 amide bonds. The molecule has 0 atom stereocenters. The van der Waals surface area contributed by atoms with Gasteiger partial charge in [-0.25, -0.2) is 10.5 Å².